The number of carbonyl (C=O) groups excluding carboxylic acids is 1. The Morgan fingerprint density at radius 1 is 1.24 bits per heavy atom. The molecule has 0 saturated heterocycles. The van der Waals surface area contributed by atoms with E-state index in [0.717, 1.165) is 36.5 Å². The fraction of sp³-hybridized carbons (Fsp3) is 0.600. The molecule has 1 aromatic heterocycles. The minimum absolute atomic E-state index is 0.205. The Morgan fingerprint density at radius 2 is 1.94 bits per heavy atom. The van der Waals surface area contributed by atoms with Crippen molar-refractivity contribution in [3.8, 4) is 11.4 Å². The van der Waals surface area contributed by atoms with Crippen molar-refractivity contribution in [3.63, 3.8) is 0 Å². The number of aryl methyl sites for hydroxylation is 1. The fourth-order valence-corrected chi connectivity index (χ4v) is 5.73. The van der Waals surface area contributed by atoms with E-state index in [1.807, 2.05) is 17.6 Å². The summed E-state index contributed by atoms with van der Waals surface area (Å²) in [6.45, 7) is 6.93. The third-order valence-electron chi connectivity index (χ3n) is 6.43. The summed E-state index contributed by atoms with van der Waals surface area (Å²) < 4.78 is 31.1. The lowest BCUT2D eigenvalue weighted by Gasteiger charge is -2.27. The van der Waals surface area contributed by atoms with Crippen LogP contribution in [-0.4, -0.2) is 49.0 Å². The molecular weight excluding hydrogens is 438 g/mol. The SMILES string of the molecule is CCc1nc(C(=O)NCC2CCC(S(C)(=O)=O)CC2)cn1-c1ccc(CC(C)C)cc1OC. The lowest BCUT2D eigenvalue weighted by Crippen LogP contribution is -2.34. The number of rotatable bonds is 9. The van der Waals surface area contributed by atoms with E-state index in [0.29, 0.717) is 43.3 Å². The molecule has 0 spiro atoms. The maximum atomic E-state index is 12.8. The van der Waals surface area contributed by atoms with Crippen LogP contribution in [0.2, 0.25) is 0 Å². The Labute approximate surface area is 197 Å². The van der Waals surface area contributed by atoms with E-state index in [1.54, 1.807) is 13.3 Å². The minimum atomic E-state index is -2.98. The minimum Gasteiger partial charge on any atom is -0.495 e. The largest absolute Gasteiger partial charge is 0.495 e. The molecule has 7 nitrogen and oxygen atoms in total. The number of ether oxygens (including phenoxy) is 1. The molecule has 1 amide bonds. The van der Waals surface area contributed by atoms with Crippen molar-refractivity contribution < 1.29 is 17.9 Å². The number of sulfone groups is 1. The molecule has 1 fully saturated rings. The Kier molecular flexibility index (Phi) is 8.21. The first-order valence-corrected chi connectivity index (χ1v) is 13.8. The van der Waals surface area contributed by atoms with Crippen LogP contribution in [0.3, 0.4) is 0 Å². The van der Waals surface area contributed by atoms with E-state index >= 15 is 0 Å². The topological polar surface area (TPSA) is 90.3 Å². The summed E-state index contributed by atoms with van der Waals surface area (Å²) >= 11 is 0. The van der Waals surface area contributed by atoms with E-state index in [2.05, 4.69) is 36.3 Å². The molecule has 2 aromatic rings. The molecule has 33 heavy (non-hydrogen) atoms. The Hall–Kier alpha value is -2.35. The third-order valence-corrected chi connectivity index (χ3v) is 8.11. The van der Waals surface area contributed by atoms with E-state index in [9.17, 15) is 13.2 Å². The van der Waals surface area contributed by atoms with Gasteiger partial charge < -0.3 is 10.1 Å². The average molecular weight is 476 g/mol. The number of hydrogen-bond acceptors (Lipinski definition) is 5. The number of hydrogen-bond donors (Lipinski definition) is 1. The van der Waals surface area contributed by atoms with Crippen LogP contribution in [0.25, 0.3) is 5.69 Å². The summed E-state index contributed by atoms with van der Waals surface area (Å²) in [5.41, 5.74) is 2.46. The second kappa shape index (κ2) is 10.7. The van der Waals surface area contributed by atoms with Crippen LogP contribution in [0, 0.1) is 11.8 Å². The first kappa shape index (κ1) is 25.3. The Bertz CT molecular complexity index is 1070. The monoisotopic (exact) mass is 475 g/mol. The van der Waals surface area contributed by atoms with Crippen molar-refractivity contribution in [2.24, 2.45) is 11.8 Å². The number of aromatic nitrogens is 2. The predicted molar refractivity (Wildman–Crippen MR) is 131 cm³/mol. The van der Waals surface area contributed by atoms with E-state index in [1.165, 1.54) is 11.8 Å². The summed E-state index contributed by atoms with van der Waals surface area (Å²) in [5.74, 6) is 2.20. The molecule has 1 heterocycles. The maximum absolute atomic E-state index is 12.8. The highest BCUT2D eigenvalue weighted by molar-refractivity contribution is 7.91. The summed E-state index contributed by atoms with van der Waals surface area (Å²) in [5, 5.41) is 2.76. The van der Waals surface area contributed by atoms with Crippen LogP contribution in [0.4, 0.5) is 0 Å². The van der Waals surface area contributed by atoms with Gasteiger partial charge in [0.05, 0.1) is 18.0 Å². The Balaban J connectivity index is 1.70. The molecule has 0 atom stereocenters. The van der Waals surface area contributed by atoms with Crippen LogP contribution >= 0.6 is 0 Å². The van der Waals surface area contributed by atoms with Crippen molar-refractivity contribution in [3.05, 3.63) is 41.5 Å². The third kappa shape index (κ3) is 6.37. The van der Waals surface area contributed by atoms with Gasteiger partial charge in [-0.05, 0) is 61.6 Å². The highest BCUT2D eigenvalue weighted by Gasteiger charge is 2.28. The molecule has 0 radical (unpaired) electrons. The second-order valence-corrected chi connectivity index (χ2v) is 11.9. The van der Waals surface area contributed by atoms with Gasteiger partial charge >= 0.3 is 0 Å². The molecule has 3 rings (SSSR count). The van der Waals surface area contributed by atoms with Crippen LogP contribution in [0.15, 0.2) is 24.4 Å². The summed E-state index contributed by atoms with van der Waals surface area (Å²) in [7, 11) is -1.32. The molecule has 1 aromatic carbocycles. The zero-order valence-corrected chi connectivity index (χ0v) is 21.2. The van der Waals surface area contributed by atoms with E-state index in [4.69, 9.17) is 4.74 Å². The van der Waals surface area contributed by atoms with E-state index < -0.39 is 9.84 Å². The first-order chi connectivity index (χ1) is 15.6. The molecule has 8 heteroatoms. The highest BCUT2D eigenvalue weighted by atomic mass is 32.2. The number of nitrogens with one attached hydrogen (secondary N) is 1. The van der Waals surface area contributed by atoms with Gasteiger partial charge in [0.25, 0.3) is 5.91 Å². The fourth-order valence-electron chi connectivity index (χ4n) is 4.60. The van der Waals surface area contributed by atoms with Crippen LogP contribution in [-0.2, 0) is 22.7 Å². The molecule has 1 aliphatic carbocycles. The van der Waals surface area contributed by atoms with Gasteiger partial charge in [0.2, 0.25) is 0 Å². The quantitative estimate of drug-likeness (QED) is 0.593. The Morgan fingerprint density at radius 3 is 2.52 bits per heavy atom. The van der Waals surface area contributed by atoms with E-state index in [-0.39, 0.29) is 11.2 Å². The lowest BCUT2D eigenvalue weighted by molar-refractivity contribution is 0.0939. The molecule has 1 aliphatic rings. The molecule has 0 aliphatic heterocycles. The molecule has 0 unspecified atom stereocenters. The number of carbonyl (C=O) groups is 1. The first-order valence-electron chi connectivity index (χ1n) is 11.8. The predicted octanol–water partition coefficient (Wildman–Crippen LogP) is 3.98. The standard InChI is InChI=1S/C25H37N3O4S/c1-6-24-27-21(25(29)26-15-18-7-10-20(11-8-18)33(5,30)31)16-28(24)22-12-9-19(13-17(2)3)14-23(22)32-4/h9,12,14,16-18,20H,6-8,10-11,13,15H2,1-5H3,(H,26,29). The van der Waals surface area contributed by atoms with Crippen LogP contribution < -0.4 is 10.1 Å². The highest BCUT2D eigenvalue weighted by Crippen LogP contribution is 2.29. The molecule has 1 N–H and O–H groups in total. The van der Waals surface area contributed by atoms with Crippen molar-refractivity contribution in [1.29, 1.82) is 0 Å². The average Bonchev–Trinajstić information content (AvgIpc) is 3.21. The van der Waals surface area contributed by atoms with Gasteiger partial charge in [-0.25, -0.2) is 13.4 Å². The van der Waals surface area contributed by atoms with Crippen molar-refractivity contribution >= 4 is 15.7 Å². The number of benzene rings is 1. The zero-order valence-electron chi connectivity index (χ0n) is 20.4. The summed E-state index contributed by atoms with van der Waals surface area (Å²) in [6, 6.07) is 6.19. The van der Waals surface area contributed by atoms with Gasteiger partial charge in [-0.15, -0.1) is 0 Å². The number of imidazole rings is 1. The molecule has 1 saturated carbocycles. The zero-order chi connectivity index (χ0) is 24.2. The van der Waals surface area contributed by atoms with Crippen LogP contribution in [0.1, 0.15) is 68.3 Å². The number of methoxy groups -OCH3 is 1. The van der Waals surface area contributed by atoms with Gasteiger partial charge in [0, 0.05) is 25.4 Å². The van der Waals surface area contributed by atoms with Crippen molar-refractivity contribution in [1.82, 2.24) is 14.9 Å². The van der Waals surface area contributed by atoms with Crippen molar-refractivity contribution in [2.75, 3.05) is 19.9 Å². The van der Waals surface area contributed by atoms with Gasteiger partial charge in [0.15, 0.2) is 0 Å². The van der Waals surface area contributed by atoms with Gasteiger partial charge in [-0.2, -0.15) is 0 Å². The van der Waals surface area contributed by atoms with Crippen molar-refractivity contribution in [2.45, 2.75) is 64.5 Å². The second-order valence-electron chi connectivity index (χ2n) is 9.55. The molecule has 0 bridgehead atoms. The summed E-state index contributed by atoms with van der Waals surface area (Å²) in [4.78, 5) is 17.4. The van der Waals surface area contributed by atoms with Crippen LogP contribution in [0.5, 0.6) is 5.75 Å². The maximum Gasteiger partial charge on any atom is 0.271 e. The lowest BCUT2D eigenvalue weighted by atomic mass is 9.89. The molecule has 182 valence electrons. The number of amides is 1. The number of nitrogens with zero attached hydrogens (tertiary/aromatic N) is 2. The normalized spacial score (nSPS) is 19.0. The van der Waals surface area contributed by atoms with Gasteiger partial charge in [0.1, 0.15) is 27.1 Å². The molecular formula is C25H37N3O4S. The van der Waals surface area contributed by atoms with Gasteiger partial charge in [-0.1, -0.05) is 26.8 Å². The smallest absolute Gasteiger partial charge is 0.271 e. The summed E-state index contributed by atoms with van der Waals surface area (Å²) in [6.07, 6.45) is 7.70. The van der Waals surface area contributed by atoms with Gasteiger partial charge in [-0.3, -0.25) is 9.36 Å².